The maximum absolute atomic E-state index is 13.8. The highest BCUT2D eigenvalue weighted by Gasteiger charge is 2.14. The summed E-state index contributed by atoms with van der Waals surface area (Å²) in [6.07, 6.45) is 0. The first-order valence-corrected chi connectivity index (χ1v) is 6.87. The number of aliphatic carboxylic acids is 1. The van der Waals surface area contributed by atoms with Gasteiger partial charge in [-0.25, -0.2) is 4.39 Å². The van der Waals surface area contributed by atoms with Gasteiger partial charge in [0.05, 0.1) is 0 Å². The van der Waals surface area contributed by atoms with E-state index in [1.165, 1.54) is 6.07 Å². The van der Waals surface area contributed by atoms with Crippen molar-refractivity contribution in [1.82, 2.24) is 0 Å². The average molecular weight is 328 g/mol. The van der Waals surface area contributed by atoms with Gasteiger partial charge < -0.3 is 10.0 Å². The first-order valence-electron chi connectivity index (χ1n) is 6.12. The molecule has 0 unspecified atom stereocenters. The minimum Gasteiger partial charge on any atom is -0.480 e. The number of hydrogen-bond acceptors (Lipinski definition) is 2. The van der Waals surface area contributed by atoms with Crippen LogP contribution >= 0.6 is 23.2 Å². The van der Waals surface area contributed by atoms with E-state index in [9.17, 15) is 9.18 Å². The van der Waals surface area contributed by atoms with Gasteiger partial charge >= 0.3 is 5.97 Å². The lowest BCUT2D eigenvalue weighted by Gasteiger charge is -2.23. The molecule has 0 aromatic heterocycles. The SMILES string of the molecule is O=C(O)CN(Cc1ccc(Cl)cc1F)c1ccc(Cl)cc1. The molecule has 0 saturated carbocycles. The Balaban J connectivity index is 2.27. The number of benzene rings is 2. The Labute approximate surface area is 131 Å². The highest BCUT2D eigenvalue weighted by Crippen LogP contribution is 2.22. The van der Waals surface area contributed by atoms with Crippen LogP contribution in [-0.2, 0) is 11.3 Å². The van der Waals surface area contributed by atoms with Crippen molar-refractivity contribution in [1.29, 1.82) is 0 Å². The summed E-state index contributed by atoms with van der Waals surface area (Å²) in [5, 5.41) is 9.86. The maximum atomic E-state index is 13.8. The lowest BCUT2D eigenvalue weighted by Crippen LogP contribution is -2.29. The molecule has 0 spiro atoms. The maximum Gasteiger partial charge on any atom is 0.323 e. The monoisotopic (exact) mass is 327 g/mol. The largest absolute Gasteiger partial charge is 0.480 e. The molecule has 2 aromatic carbocycles. The molecule has 2 aromatic rings. The van der Waals surface area contributed by atoms with Crippen LogP contribution in [0.1, 0.15) is 5.56 Å². The number of carbonyl (C=O) groups is 1. The van der Waals surface area contributed by atoms with E-state index in [4.69, 9.17) is 28.3 Å². The van der Waals surface area contributed by atoms with Gasteiger partial charge in [0.1, 0.15) is 12.4 Å². The first-order chi connectivity index (χ1) is 9.95. The molecule has 0 heterocycles. The summed E-state index contributed by atoms with van der Waals surface area (Å²) in [6, 6.07) is 11.0. The number of carboxylic acids is 1. The summed E-state index contributed by atoms with van der Waals surface area (Å²) < 4.78 is 13.8. The number of anilines is 1. The molecule has 0 saturated heterocycles. The quantitative estimate of drug-likeness (QED) is 0.893. The molecule has 110 valence electrons. The van der Waals surface area contributed by atoms with Crippen LogP contribution in [0.3, 0.4) is 0 Å². The zero-order chi connectivity index (χ0) is 15.4. The third-order valence-electron chi connectivity index (χ3n) is 2.89. The van der Waals surface area contributed by atoms with Crippen LogP contribution in [0.15, 0.2) is 42.5 Å². The smallest absolute Gasteiger partial charge is 0.323 e. The van der Waals surface area contributed by atoms with Crippen LogP contribution in [0.5, 0.6) is 0 Å². The second-order valence-corrected chi connectivity index (χ2v) is 5.33. The van der Waals surface area contributed by atoms with Crippen molar-refractivity contribution in [3.63, 3.8) is 0 Å². The fraction of sp³-hybridized carbons (Fsp3) is 0.133. The van der Waals surface area contributed by atoms with Gasteiger partial charge in [0.2, 0.25) is 0 Å². The summed E-state index contributed by atoms with van der Waals surface area (Å²) >= 11 is 11.5. The van der Waals surface area contributed by atoms with Gasteiger partial charge in [0.15, 0.2) is 0 Å². The van der Waals surface area contributed by atoms with Crippen molar-refractivity contribution < 1.29 is 14.3 Å². The summed E-state index contributed by atoms with van der Waals surface area (Å²) in [7, 11) is 0. The van der Waals surface area contributed by atoms with Gasteiger partial charge in [-0.3, -0.25) is 4.79 Å². The molecular formula is C15H12Cl2FNO2. The molecular weight excluding hydrogens is 316 g/mol. The van der Waals surface area contributed by atoms with E-state index in [-0.39, 0.29) is 13.1 Å². The van der Waals surface area contributed by atoms with Gasteiger partial charge in [0, 0.05) is 27.8 Å². The lowest BCUT2D eigenvalue weighted by molar-refractivity contribution is -0.135. The lowest BCUT2D eigenvalue weighted by atomic mass is 10.2. The molecule has 2 rings (SSSR count). The van der Waals surface area contributed by atoms with Gasteiger partial charge in [-0.15, -0.1) is 0 Å². The Morgan fingerprint density at radius 3 is 2.29 bits per heavy atom. The molecule has 0 aliphatic rings. The van der Waals surface area contributed by atoms with Crippen LogP contribution in [0.25, 0.3) is 0 Å². The zero-order valence-corrected chi connectivity index (χ0v) is 12.4. The second kappa shape index (κ2) is 6.78. The molecule has 6 heteroatoms. The number of carboxylic acid groups (broad SMARTS) is 1. The molecule has 0 atom stereocenters. The number of nitrogens with zero attached hydrogens (tertiary/aromatic N) is 1. The Morgan fingerprint density at radius 2 is 1.71 bits per heavy atom. The Kier molecular flexibility index (Phi) is 5.04. The predicted octanol–water partition coefficient (Wildman–Crippen LogP) is 4.22. The Hall–Kier alpha value is -1.78. The van der Waals surface area contributed by atoms with Crippen LogP contribution < -0.4 is 4.90 Å². The van der Waals surface area contributed by atoms with Gasteiger partial charge in [-0.05, 0) is 36.4 Å². The average Bonchev–Trinajstić information content (AvgIpc) is 2.41. The molecule has 0 amide bonds. The molecule has 21 heavy (non-hydrogen) atoms. The van der Waals surface area contributed by atoms with Crippen molar-refractivity contribution >= 4 is 34.9 Å². The van der Waals surface area contributed by atoms with Crippen molar-refractivity contribution in [3.8, 4) is 0 Å². The van der Waals surface area contributed by atoms with E-state index in [2.05, 4.69) is 0 Å². The predicted molar refractivity (Wildman–Crippen MR) is 81.5 cm³/mol. The summed E-state index contributed by atoms with van der Waals surface area (Å²) in [5.41, 5.74) is 1.02. The van der Waals surface area contributed by atoms with E-state index in [0.717, 1.165) is 0 Å². The van der Waals surface area contributed by atoms with E-state index in [1.807, 2.05) is 0 Å². The fourth-order valence-corrected chi connectivity index (χ4v) is 2.19. The minimum atomic E-state index is -1.00. The normalized spacial score (nSPS) is 10.4. The zero-order valence-electron chi connectivity index (χ0n) is 10.9. The summed E-state index contributed by atoms with van der Waals surface area (Å²) in [5.74, 6) is -1.47. The molecule has 0 aliphatic heterocycles. The highest BCUT2D eigenvalue weighted by atomic mass is 35.5. The van der Waals surface area contributed by atoms with E-state index in [0.29, 0.717) is 21.3 Å². The molecule has 0 radical (unpaired) electrons. The van der Waals surface area contributed by atoms with Crippen molar-refractivity contribution in [2.75, 3.05) is 11.4 Å². The van der Waals surface area contributed by atoms with Crippen LogP contribution in [0.2, 0.25) is 10.0 Å². The number of hydrogen-bond donors (Lipinski definition) is 1. The van der Waals surface area contributed by atoms with Crippen LogP contribution in [-0.4, -0.2) is 17.6 Å². The van der Waals surface area contributed by atoms with E-state index < -0.39 is 11.8 Å². The van der Waals surface area contributed by atoms with E-state index in [1.54, 1.807) is 41.3 Å². The fourth-order valence-electron chi connectivity index (χ4n) is 1.91. The third-order valence-corrected chi connectivity index (χ3v) is 3.38. The summed E-state index contributed by atoms with van der Waals surface area (Å²) in [6.45, 7) is -0.124. The molecule has 0 fully saturated rings. The Morgan fingerprint density at radius 1 is 1.10 bits per heavy atom. The van der Waals surface area contributed by atoms with Crippen molar-refractivity contribution in [3.05, 3.63) is 63.9 Å². The number of halogens is 3. The van der Waals surface area contributed by atoms with Gasteiger partial charge in [-0.2, -0.15) is 0 Å². The molecule has 3 nitrogen and oxygen atoms in total. The molecule has 0 aliphatic carbocycles. The third kappa shape index (κ3) is 4.34. The summed E-state index contributed by atoms with van der Waals surface area (Å²) in [4.78, 5) is 12.5. The van der Waals surface area contributed by atoms with E-state index >= 15 is 0 Å². The second-order valence-electron chi connectivity index (χ2n) is 4.46. The van der Waals surface area contributed by atoms with Gasteiger partial charge in [-0.1, -0.05) is 29.3 Å². The van der Waals surface area contributed by atoms with Crippen molar-refractivity contribution in [2.24, 2.45) is 0 Å². The molecule has 1 N–H and O–H groups in total. The standard InChI is InChI=1S/C15H12Cl2FNO2/c16-11-3-5-13(6-4-11)19(9-15(20)21)8-10-1-2-12(17)7-14(10)18/h1-7H,8-9H2,(H,20,21). The first kappa shape index (κ1) is 15.6. The number of rotatable bonds is 5. The van der Waals surface area contributed by atoms with Gasteiger partial charge in [0.25, 0.3) is 0 Å². The van der Waals surface area contributed by atoms with Crippen LogP contribution in [0, 0.1) is 5.82 Å². The highest BCUT2D eigenvalue weighted by molar-refractivity contribution is 6.30. The van der Waals surface area contributed by atoms with Crippen molar-refractivity contribution in [2.45, 2.75) is 6.54 Å². The Bertz CT molecular complexity index is 647. The topological polar surface area (TPSA) is 40.5 Å². The van der Waals surface area contributed by atoms with Crippen LogP contribution in [0.4, 0.5) is 10.1 Å². The molecule has 0 bridgehead atoms. The minimum absolute atomic E-state index is 0.122.